The molecule has 0 radical (unpaired) electrons. The van der Waals surface area contributed by atoms with E-state index in [1.807, 2.05) is 6.92 Å². The van der Waals surface area contributed by atoms with Crippen molar-refractivity contribution in [2.24, 2.45) is 0 Å². The van der Waals surface area contributed by atoms with E-state index in [1.54, 1.807) is 0 Å². The number of benzene rings is 1. The van der Waals surface area contributed by atoms with Crippen molar-refractivity contribution >= 4 is 15.7 Å². The van der Waals surface area contributed by atoms with Crippen LogP contribution in [0.3, 0.4) is 0 Å². The number of anilines is 1. The third kappa shape index (κ3) is 5.52. The first kappa shape index (κ1) is 15.8. The van der Waals surface area contributed by atoms with Crippen LogP contribution in [-0.4, -0.2) is 27.3 Å². The minimum Gasteiger partial charge on any atom is -0.317 e. The van der Waals surface area contributed by atoms with Crippen LogP contribution in [0.2, 0.25) is 0 Å². The number of nitrogens with one attached hydrogen (secondary N) is 2. The molecule has 0 aliphatic carbocycles. The van der Waals surface area contributed by atoms with Gasteiger partial charge in [-0.05, 0) is 38.1 Å². The van der Waals surface area contributed by atoms with E-state index >= 15 is 0 Å². The van der Waals surface area contributed by atoms with Gasteiger partial charge in [0, 0.05) is 0 Å². The van der Waals surface area contributed by atoms with Gasteiger partial charge in [-0.15, -0.1) is 0 Å². The first-order chi connectivity index (χ1) is 8.96. The van der Waals surface area contributed by atoms with Crippen LogP contribution in [-0.2, 0) is 10.0 Å². The molecule has 0 unspecified atom stereocenters. The van der Waals surface area contributed by atoms with Gasteiger partial charge in [0.25, 0.3) is 0 Å². The molecule has 1 rings (SSSR count). The second kappa shape index (κ2) is 7.40. The van der Waals surface area contributed by atoms with Crippen molar-refractivity contribution in [3.05, 3.63) is 29.8 Å². The summed E-state index contributed by atoms with van der Waals surface area (Å²) in [5.74, 6) is -2.37. The Morgan fingerprint density at radius 3 is 2.63 bits per heavy atom. The Kier molecular flexibility index (Phi) is 6.17. The molecule has 2 N–H and O–H groups in total. The minimum absolute atomic E-state index is 0.117. The molecule has 0 aromatic heterocycles. The summed E-state index contributed by atoms with van der Waals surface area (Å²) < 4.78 is 51.6. The van der Waals surface area contributed by atoms with Gasteiger partial charge < -0.3 is 5.32 Å². The van der Waals surface area contributed by atoms with Crippen molar-refractivity contribution in [3.8, 4) is 0 Å². The molecule has 0 heterocycles. The van der Waals surface area contributed by atoms with Crippen LogP contribution < -0.4 is 10.0 Å². The molecule has 1 aromatic rings. The van der Waals surface area contributed by atoms with Crippen LogP contribution in [0.25, 0.3) is 0 Å². The second-order valence-corrected chi connectivity index (χ2v) is 5.92. The van der Waals surface area contributed by atoms with Gasteiger partial charge in [0.05, 0.1) is 11.4 Å². The maximum atomic E-state index is 13.3. The van der Waals surface area contributed by atoms with Crippen LogP contribution in [0.4, 0.5) is 14.5 Å². The average Bonchev–Trinajstić information content (AvgIpc) is 2.34. The normalized spacial score (nSPS) is 11.5. The zero-order chi connectivity index (χ0) is 14.3. The van der Waals surface area contributed by atoms with Gasteiger partial charge in [0.2, 0.25) is 10.0 Å². The topological polar surface area (TPSA) is 58.2 Å². The van der Waals surface area contributed by atoms with Crippen molar-refractivity contribution in [2.45, 2.75) is 19.8 Å². The Morgan fingerprint density at radius 2 is 1.95 bits per heavy atom. The lowest BCUT2D eigenvalue weighted by Gasteiger charge is -2.09. The first-order valence-electron chi connectivity index (χ1n) is 6.11. The van der Waals surface area contributed by atoms with Crippen molar-refractivity contribution < 1.29 is 17.2 Å². The van der Waals surface area contributed by atoms with E-state index in [4.69, 9.17) is 0 Å². The molecule has 0 saturated carbocycles. The Morgan fingerprint density at radius 1 is 1.21 bits per heavy atom. The molecule has 0 fully saturated rings. The molecule has 0 bridgehead atoms. The van der Waals surface area contributed by atoms with Crippen molar-refractivity contribution in [1.29, 1.82) is 0 Å². The molecule has 1 aromatic carbocycles. The summed E-state index contributed by atoms with van der Waals surface area (Å²) in [5, 5.41) is 3.08. The summed E-state index contributed by atoms with van der Waals surface area (Å²) in [6, 6.07) is 3.37. The number of hydrogen-bond acceptors (Lipinski definition) is 3. The summed E-state index contributed by atoms with van der Waals surface area (Å²) in [4.78, 5) is 0. The lowest BCUT2D eigenvalue weighted by Crippen LogP contribution is -2.20. The Bertz CT molecular complexity index is 506. The van der Waals surface area contributed by atoms with Crippen LogP contribution >= 0.6 is 0 Å². The SMILES string of the molecule is CCNCCCCS(=O)(=O)Nc1cccc(F)c1F. The minimum atomic E-state index is -3.65. The molecule has 0 aliphatic heterocycles. The van der Waals surface area contributed by atoms with Gasteiger partial charge in [-0.25, -0.2) is 17.2 Å². The summed E-state index contributed by atoms with van der Waals surface area (Å²) in [7, 11) is -3.65. The predicted molar refractivity (Wildman–Crippen MR) is 71.5 cm³/mol. The third-order valence-corrected chi connectivity index (χ3v) is 3.84. The first-order valence-corrected chi connectivity index (χ1v) is 7.76. The quantitative estimate of drug-likeness (QED) is 0.721. The lowest BCUT2D eigenvalue weighted by molar-refractivity contribution is 0.511. The van der Waals surface area contributed by atoms with Gasteiger partial charge in [-0.2, -0.15) is 0 Å². The molecule has 4 nitrogen and oxygen atoms in total. The Hall–Kier alpha value is -1.21. The summed E-state index contributed by atoms with van der Waals surface area (Å²) in [6.07, 6.45) is 1.17. The van der Waals surface area contributed by atoms with Crippen molar-refractivity contribution in [3.63, 3.8) is 0 Å². The molecular formula is C12H18F2N2O2S. The van der Waals surface area contributed by atoms with Crippen LogP contribution in [0.1, 0.15) is 19.8 Å². The molecule has 108 valence electrons. The number of hydrogen-bond donors (Lipinski definition) is 2. The number of halogens is 2. The van der Waals surface area contributed by atoms with Gasteiger partial charge in [-0.3, -0.25) is 4.72 Å². The number of rotatable bonds is 8. The van der Waals surface area contributed by atoms with Crippen LogP contribution in [0, 0.1) is 11.6 Å². The molecule has 0 amide bonds. The zero-order valence-electron chi connectivity index (χ0n) is 10.7. The number of unbranched alkanes of at least 4 members (excludes halogenated alkanes) is 1. The van der Waals surface area contributed by atoms with E-state index in [2.05, 4.69) is 10.0 Å². The third-order valence-electron chi connectivity index (χ3n) is 2.48. The molecule has 19 heavy (non-hydrogen) atoms. The highest BCUT2D eigenvalue weighted by atomic mass is 32.2. The van der Waals surface area contributed by atoms with E-state index in [0.717, 1.165) is 19.2 Å². The fourth-order valence-corrected chi connectivity index (χ4v) is 2.70. The van der Waals surface area contributed by atoms with Crippen molar-refractivity contribution in [2.75, 3.05) is 23.6 Å². The Balaban J connectivity index is 2.52. The highest BCUT2D eigenvalue weighted by molar-refractivity contribution is 7.92. The second-order valence-electron chi connectivity index (χ2n) is 4.08. The standard InChI is InChI=1S/C12H18F2N2O2S/c1-2-15-8-3-4-9-19(17,18)16-11-7-5-6-10(13)12(11)14/h5-7,15-16H,2-4,8-9H2,1H3. The van der Waals surface area contributed by atoms with E-state index in [9.17, 15) is 17.2 Å². The van der Waals surface area contributed by atoms with Gasteiger partial charge in [0.15, 0.2) is 11.6 Å². The predicted octanol–water partition coefficient (Wildman–Crippen LogP) is 2.10. The van der Waals surface area contributed by atoms with Crippen molar-refractivity contribution in [1.82, 2.24) is 5.32 Å². The van der Waals surface area contributed by atoms with E-state index < -0.39 is 21.7 Å². The van der Waals surface area contributed by atoms with Gasteiger partial charge in [-0.1, -0.05) is 13.0 Å². The number of sulfonamides is 1. The Labute approximate surface area is 112 Å². The van der Waals surface area contributed by atoms with Crippen LogP contribution in [0.15, 0.2) is 18.2 Å². The highest BCUT2D eigenvalue weighted by Crippen LogP contribution is 2.18. The maximum absolute atomic E-state index is 13.3. The van der Waals surface area contributed by atoms with Gasteiger partial charge in [0.1, 0.15) is 0 Å². The summed E-state index contributed by atoms with van der Waals surface area (Å²) in [5.41, 5.74) is -0.355. The van der Waals surface area contributed by atoms with Crippen LogP contribution in [0.5, 0.6) is 0 Å². The van der Waals surface area contributed by atoms with E-state index in [0.29, 0.717) is 12.8 Å². The average molecular weight is 292 g/mol. The summed E-state index contributed by atoms with van der Waals surface area (Å²) in [6.45, 7) is 3.53. The lowest BCUT2D eigenvalue weighted by atomic mass is 10.3. The fourth-order valence-electron chi connectivity index (χ4n) is 1.52. The maximum Gasteiger partial charge on any atom is 0.232 e. The largest absolute Gasteiger partial charge is 0.317 e. The molecular weight excluding hydrogens is 274 g/mol. The monoisotopic (exact) mass is 292 g/mol. The zero-order valence-corrected chi connectivity index (χ0v) is 11.6. The molecule has 0 spiro atoms. The van der Waals surface area contributed by atoms with E-state index in [-0.39, 0.29) is 11.4 Å². The molecule has 0 aliphatic rings. The molecule has 0 saturated heterocycles. The van der Waals surface area contributed by atoms with E-state index in [1.165, 1.54) is 12.1 Å². The fraction of sp³-hybridized carbons (Fsp3) is 0.500. The summed E-state index contributed by atoms with van der Waals surface area (Å²) >= 11 is 0. The molecule has 7 heteroatoms. The smallest absolute Gasteiger partial charge is 0.232 e. The molecule has 0 atom stereocenters. The van der Waals surface area contributed by atoms with Gasteiger partial charge >= 0.3 is 0 Å². The highest BCUT2D eigenvalue weighted by Gasteiger charge is 2.14.